The zero-order valence-electron chi connectivity index (χ0n) is 21.5. The molecule has 0 amide bonds. The largest absolute Gasteiger partial charge is 0.478 e. The van der Waals surface area contributed by atoms with Crippen LogP contribution in [0.3, 0.4) is 0 Å². The third-order valence-electron chi connectivity index (χ3n) is 6.23. The molecule has 2 heterocycles. The van der Waals surface area contributed by atoms with Crippen molar-refractivity contribution in [2.24, 2.45) is 5.41 Å². The van der Waals surface area contributed by atoms with Crippen LogP contribution in [0, 0.1) is 5.41 Å². The Morgan fingerprint density at radius 3 is 2.50 bits per heavy atom. The molecule has 0 unspecified atom stereocenters. The normalized spacial score (nSPS) is 12.0. The van der Waals surface area contributed by atoms with Gasteiger partial charge in [0.1, 0.15) is 17.0 Å². The third-order valence-corrected chi connectivity index (χ3v) is 6.55. The minimum Gasteiger partial charge on any atom is -0.478 e. The van der Waals surface area contributed by atoms with Crippen LogP contribution >= 0.6 is 11.6 Å². The Hall–Kier alpha value is -3.27. The van der Waals surface area contributed by atoms with Gasteiger partial charge in [0.25, 0.3) is 0 Å². The first-order chi connectivity index (χ1) is 17.9. The predicted octanol–water partition coefficient (Wildman–Crippen LogP) is 6.60. The molecule has 0 saturated carbocycles. The predicted molar refractivity (Wildman–Crippen MR) is 139 cm³/mol. The second kappa shape index (κ2) is 12.5. The molecule has 38 heavy (non-hydrogen) atoms. The minimum atomic E-state index is -4.64. The van der Waals surface area contributed by atoms with Gasteiger partial charge in [-0.2, -0.15) is 18.2 Å². The van der Waals surface area contributed by atoms with Crippen molar-refractivity contribution in [1.29, 1.82) is 0 Å². The minimum absolute atomic E-state index is 0.0640. The number of rotatable bonds is 12. The first kappa shape index (κ1) is 29.3. The summed E-state index contributed by atoms with van der Waals surface area (Å²) in [7, 11) is 0. The summed E-state index contributed by atoms with van der Waals surface area (Å²) >= 11 is 6.35. The maximum Gasteiger partial charge on any atom is 0.400 e. The smallest absolute Gasteiger partial charge is 0.400 e. The number of ketones is 1. The van der Waals surface area contributed by atoms with E-state index in [-0.39, 0.29) is 29.5 Å². The number of nitrogens with one attached hydrogen (secondary N) is 1. The van der Waals surface area contributed by atoms with Crippen LogP contribution < -0.4 is 10.4 Å². The van der Waals surface area contributed by atoms with Gasteiger partial charge < -0.3 is 4.74 Å². The quantitative estimate of drug-likeness (QED) is 0.255. The van der Waals surface area contributed by atoms with E-state index in [0.29, 0.717) is 29.2 Å². The Bertz CT molecular complexity index is 1310. The summed E-state index contributed by atoms with van der Waals surface area (Å²) in [6, 6.07) is 8.11. The molecule has 0 aliphatic rings. The number of H-pyrrole nitrogens is 1. The van der Waals surface area contributed by atoms with Crippen molar-refractivity contribution in [3.63, 3.8) is 0 Å². The molecule has 3 rings (SSSR count). The fourth-order valence-electron chi connectivity index (χ4n) is 3.58. The molecule has 3 aromatic rings. The van der Waals surface area contributed by atoms with Gasteiger partial charge in [-0.25, -0.2) is 14.8 Å². The van der Waals surface area contributed by atoms with Crippen LogP contribution in [0.25, 0.3) is 22.8 Å². The second-order valence-corrected chi connectivity index (χ2v) is 9.89. The standard InChI is InChI=1S/C27H30ClF3N4O3/c1-4-5-6-7-14-38-22-13-10-18(16-32-22)23-33-24(35-25(37)34-23)19-15-17(8-11-20(19)28)9-12-21(36)26(2,3)27(29,30)31/h8,10-11,13,15-16H,4-7,9,12,14H2,1-3H3,(H,33,34,35,37). The number of carbonyl (C=O) groups is 1. The maximum absolute atomic E-state index is 13.2. The lowest BCUT2D eigenvalue weighted by Gasteiger charge is -2.26. The molecule has 204 valence electrons. The number of aromatic amines is 1. The summed E-state index contributed by atoms with van der Waals surface area (Å²) in [5.74, 6) is -0.214. The molecule has 0 bridgehead atoms. The zero-order chi connectivity index (χ0) is 27.9. The van der Waals surface area contributed by atoms with Crippen LogP contribution in [-0.4, -0.2) is 38.5 Å². The number of halogens is 4. The molecule has 7 nitrogen and oxygen atoms in total. The number of Topliss-reactive ketones (excluding diaryl/α,β-unsaturated/α-hetero) is 1. The van der Waals surface area contributed by atoms with E-state index in [1.807, 2.05) is 0 Å². The van der Waals surface area contributed by atoms with Crippen LogP contribution in [0.15, 0.2) is 41.3 Å². The first-order valence-electron chi connectivity index (χ1n) is 12.4. The molecule has 0 aliphatic carbocycles. The van der Waals surface area contributed by atoms with Crippen LogP contribution in [0.1, 0.15) is 58.4 Å². The lowest BCUT2D eigenvalue weighted by molar-refractivity contribution is -0.210. The lowest BCUT2D eigenvalue weighted by atomic mass is 9.84. The molecule has 0 spiro atoms. The van der Waals surface area contributed by atoms with Gasteiger partial charge in [-0.05, 0) is 50.5 Å². The molecule has 2 aromatic heterocycles. The van der Waals surface area contributed by atoms with E-state index in [4.69, 9.17) is 16.3 Å². The number of pyridine rings is 1. The highest BCUT2D eigenvalue weighted by atomic mass is 35.5. The topological polar surface area (TPSA) is 97.8 Å². The molecular formula is C27H30ClF3N4O3. The van der Waals surface area contributed by atoms with Crippen molar-refractivity contribution in [3.8, 4) is 28.7 Å². The van der Waals surface area contributed by atoms with Crippen molar-refractivity contribution >= 4 is 17.4 Å². The Morgan fingerprint density at radius 1 is 1.08 bits per heavy atom. The molecule has 0 radical (unpaired) electrons. The SMILES string of the molecule is CCCCCCOc1ccc(-c2nc(-c3cc(CCC(=O)C(C)(C)C(F)(F)F)ccc3Cl)[nH]c(=O)n2)cn1. The molecule has 0 fully saturated rings. The average molecular weight is 551 g/mol. The number of carbonyl (C=O) groups excluding carboxylic acids is 1. The number of hydrogen-bond acceptors (Lipinski definition) is 6. The first-order valence-corrected chi connectivity index (χ1v) is 12.8. The Kier molecular flexibility index (Phi) is 9.65. The Morgan fingerprint density at radius 2 is 1.84 bits per heavy atom. The van der Waals surface area contributed by atoms with Crippen molar-refractivity contribution in [3.05, 3.63) is 57.6 Å². The number of ether oxygens (including phenoxy) is 1. The molecule has 11 heteroatoms. The molecule has 1 N–H and O–H groups in total. The van der Waals surface area contributed by atoms with Crippen molar-refractivity contribution in [2.45, 2.75) is 65.5 Å². The highest BCUT2D eigenvalue weighted by molar-refractivity contribution is 6.33. The molecule has 1 aromatic carbocycles. The summed E-state index contributed by atoms with van der Waals surface area (Å²) in [5, 5.41) is 0.265. The number of unbranched alkanes of at least 4 members (excludes halogenated alkanes) is 3. The van der Waals surface area contributed by atoms with E-state index in [2.05, 4.69) is 26.9 Å². The van der Waals surface area contributed by atoms with Crippen LogP contribution in [0.2, 0.25) is 5.02 Å². The number of aryl methyl sites for hydroxylation is 1. The Labute approximate surface area is 223 Å². The van der Waals surface area contributed by atoms with Gasteiger partial charge in [-0.15, -0.1) is 0 Å². The van der Waals surface area contributed by atoms with Crippen LogP contribution in [0.4, 0.5) is 13.2 Å². The molecular weight excluding hydrogens is 521 g/mol. The van der Waals surface area contributed by atoms with Gasteiger partial charge in [0, 0.05) is 29.8 Å². The molecule has 0 aliphatic heterocycles. The average Bonchev–Trinajstić information content (AvgIpc) is 2.87. The number of nitrogens with zero attached hydrogens (tertiary/aromatic N) is 3. The summed E-state index contributed by atoms with van der Waals surface area (Å²) in [4.78, 5) is 39.7. The van der Waals surface area contributed by atoms with E-state index in [9.17, 15) is 22.8 Å². The summed E-state index contributed by atoms with van der Waals surface area (Å²) in [6.07, 6.45) is 0.938. The molecule has 0 atom stereocenters. The Balaban J connectivity index is 1.78. The monoisotopic (exact) mass is 550 g/mol. The van der Waals surface area contributed by atoms with E-state index in [1.54, 1.807) is 30.3 Å². The van der Waals surface area contributed by atoms with Gasteiger partial charge in [-0.3, -0.25) is 9.78 Å². The number of benzene rings is 1. The molecule has 0 saturated heterocycles. The van der Waals surface area contributed by atoms with Gasteiger partial charge in [-0.1, -0.05) is 43.9 Å². The van der Waals surface area contributed by atoms with Gasteiger partial charge in [0.15, 0.2) is 5.82 Å². The fraction of sp³-hybridized carbons (Fsp3) is 0.444. The highest BCUT2D eigenvalue weighted by Crippen LogP contribution is 2.39. The van der Waals surface area contributed by atoms with Crippen LogP contribution in [0.5, 0.6) is 5.88 Å². The van der Waals surface area contributed by atoms with Crippen molar-refractivity contribution in [2.75, 3.05) is 6.61 Å². The summed E-state index contributed by atoms with van der Waals surface area (Å²) < 4.78 is 45.2. The van der Waals surface area contributed by atoms with Crippen LogP contribution in [-0.2, 0) is 11.2 Å². The van der Waals surface area contributed by atoms with Gasteiger partial charge in [0.05, 0.1) is 11.6 Å². The number of hydrogen-bond donors (Lipinski definition) is 1. The lowest BCUT2D eigenvalue weighted by Crippen LogP contribution is -2.39. The van der Waals surface area contributed by atoms with E-state index < -0.39 is 23.1 Å². The van der Waals surface area contributed by atoms with E-state index in [1.165, 1.54) is 6.20 Å². The van der Waals surface area contributed by atoms with Gasteiger partial charge >= 0.3 is 11.9 Å². The maximum atomic E-state index is 13.2. The number of aromatic nitrogens is 4. The van der Waals surface area contributed by atoms with Crippen molar-refractivity contribution < 1.29 is 22.7 Å². The number of alkyl halides is 3. The zero-order valence-corrected chi connectivity index (χ0v) is 22.2. The summed E-state index contributed by atoms with van der Waals surface area (Å²) in [5.41, 5.74) is -1.70. The van der Waals surface area contributed by atoms with E-state index >= 15 is 0 Å². The van der Waals surface area contributed by atoms with Gasteiger partial charge in [0.2, 0.25) is 5.88 Å². The summed E-state index contributed by atoms with van der Waals surface area (Å²) in [6.45, 7) is 4.44. The second-order valence-electron chi connectivity index (χ2n) is 9.48. The fourth-order valence-corrected chi connectivity index (χ4v) is 3.79. The highest BCUT2D eigenvalue weighted by Gasteiger charge is 2.51. The van der Waals surface area contributed by atoms with E-state index in [0.717, 1.165) is 39.5 Å². The third kappa shape index (κ3) is 7.40. The van der Waals surface area contributed by atoms with Crippen molar-refractivity contribution in [1.82, 2.24) is 19.9 Å².